The minimum absolute atomic E-state index is 0.0711. The number of fused-ring (bicyclic) bond motifs is 1. The monoisotopic (exact) mass is 381 g/mol. The van der Waals surface area contributed by atoms with Crippen LogP contribution in [0.25, 0.3) is 10.9 Å². The van der Waals surface area contributed by atoms with Gasteiger partial charge >= 0.3 is 0 Å². The van der Waals surface area contributed by atoms with E-state index in [-0.39, 0.29) is 22.8 Å². The molecule has 0 aliphatic carbocycles. The zero-order valence-corrected chi connectivity index (χ0v) is 16.4. The number of hydrogen-bond donors (Lipinski definition) is 0. The van der Waals surface area contributed by atoms with E-state index >= 15 is 0 Å². The van der Waals surface area contributed by atoms with Crippen molar-refractivity contribution < 1.29 is 4.39 Å². The Morgan fingerprint density at radius 3 is 2.79 bits per heavy atom. The molecule has 0 N–H and O–H groups in total. The van der Waals surface area contributed by atoms with Crippen LogP contribution in [0.1, 0.15) is 39.3 Å². The van der Waals surface area contributed by atoms with Crippen molar-refractivity contribution >= 4 is 16.7 Å². The fraction of sp³-hybridized carbons (Fsp3) is 0.429. The maximum Gasteiger partial charge on any atom is 0.266 e. The van der Waals surface area contributed by atoms with Crippen LogP contribution in [0.15, 0.2) is 41.5 Å². The van der Waals surface area contributed by atoms with Gasteiger partial charge in [0, 0.05) is 23.4 Å². The summed E-state index contributed by atoms with van der Waals surface area (Å²) in [5.74, 6) is 0.405. The Morgan fingerprint density at radius 1 is 1.18 bits per heavy atom. The average Bonchev–Trinajstić information content (AvgIpc) is 3.10. The van der Waals surface area contributed by atoms with Crippen molar-refractivity contribution in [1.29, 1.82) is 0 Å². The first-order valence-corrected chi connectivity index (χ1v) is 9.58. The summed E-state index contributed by atoms with van der Waals surface area (Å²) >= 11 is 0. The van der Waals surface area contributed by atoms with Crippen LogP contribution in [-0.2, 0) is 12.0 Å². The van der Waals surface area contributed by atoms with Gasteiger partial charge in [-0.3, -0.25) is 4.79 Å². The molecule has 146 valence electrons. The highest BCUT2D eigenvalue weighted by atomic mass is 19.1. The van der Waals surface area contributed by atoms with Crippen LogP contribution in [0.4, 0.5) is 10.2 Å². The van der Waals surface area contributed by atoms with Crippen LogP contribution in [0.2, 0.25) is 0 Å². The molecule has 1 unspecified atom stereocenters. The summed E-state index contributed by atoms with van der Waals surface area (Å²) in [5, 5.41) is 5.29. The number of rotatable bonds is 3. The van der Waals surface area contributed by atoms with E-state index in [0.717, 1.165) is 25.1 Å². The van der Waals surface area contributed by atoms with Gasteiger partial charge in [0.2, 0.25) is 0 Å². The molecule has 0 amide bonds. The van der Waals surface area contributed by atoms with Crippen molar-refractivity contribution in [2.45, 2.75) is 51.6 Å². The smallest absolute Gasteiger partial charge is 0.266 e. The summed E-state index contributed by atoms with van der Waals surface area (Å²) in [5.41, 5.74) is 1.34. The van der Waals surface area contributed by atoms with E-state index in [1.807, 2.05) is 0 Å². The van der Waals surface area contributed by atoms with Gasteiger partial charge in [-0.05, 0) is 37.1 Å². The second kappa shape index (κ2) is 6.96. The van der Waals surface area contributed by atoms with Crippen LogP contribution in [-0.4, -0.2) is 32.3 Å². The Morgan fingerprint density at radius 2 is 2.00 bits per heavy atom. The normalized spacial score (nSPS) is 17.4. The second-order valence-corrected chi connectivity index (χ2v) is 8.34. The molecule has 28 heavy (non-hydrogen) atoms. The maximum atomic E-state index is 13.8. The molecule has 3 aromatic rings. The molecule has 3 heterocycles. The first kappa shape index (κ1) is 18.5. The molecule has 7 heteroatoms. The molecule has 0 radical (unpaired) electrons. The molecular formula is C21H24FN5O. The molecule has 1 fully saturated rings. The number of anilines is 1. The standard InChI is InChI=1S/C21H24FN5O/c1-21(2,3)18-8-9-19(28)27(25-18)12-15-5-4-10-26(15)20-16-11-14(22)6-7-17(16)23-13-24-20/h6-9,11,13,15H,4-5,10,12H2,1-3H3. The van der Waals surface area contributed by atoms with Gasteiger partial charge in [0.25, 0.3) is 5.56 Å². The molecule has 2 aromatic heterocycles. The van der Waals surface area contributed by atoms with Gasteiger partial charge < -0.3 is 4.90 Å². The third kappa shape index (κ3) is 3.48. The van der Waals surface area contributed by atoms with E-state index in [2.05, 4.69) is 40.7 Å². The zero-order chi connectivity index (χ0) is 19.9. The molecule has 1 aromatic carbocycles. The Bertz CT molecular complexity index is 1070. The first-order chi connectivity index (χ1) is 13.3. The SMILES string of the molecule is CC(C)(C)c1ccc(=O)n(CC2CCCN2c2ncnc3ccc(F)cc23)n1. The van der Waals surface area contributed by atoms with E-state index in [9.17, 15) is 9.18 Å². The first-order valence-electron chi connectivity index (χ1n) is 9.58. The fourth-order valence-electron chi connectivity index (χ4n) is 3.73. The molecule has 1 aliphatic rings. The van der Waals surface area contributed by atoms with Crippen LogP contribution in [0.5, 0.6) is 0 Å². The second-order valence-electron chi connectivity index (χ2n) is 8.34. The van der Waals surface area contributed by atoms with Gasteiger partial charge in [0.1, 0.15) is 18.0 Å². The van der Waals surface area contributed by atoms with Crippen molar-refractivity contribution in [3.05, 3.63) is 58.5 Å². The van der Waals surface area contributed by atoms with Gasteiger partial charge in [-0.25, -0.2) is 19.0 Å². The topological polar surface area (TPSA) is 63.9 Å². The Balaban J connectivity index is 1.69. The maximum absolute atomic E-state index is 13.8. The average molecular weight is 381 g/mol. The minimum Gasteiger partial charge on any atom is -0.351 e. The fourth-order valence-corrected chi connectivity index (χ4v) is 3.73. The molecule has 0 saturated carbocycles. The summed E-state index contributed by atoms with van der Waals surface area (Å²) in [7, 11) is 0. The van der Waals surface area contributed by atoms with Crippen molar-refractivity contribution in [1.82, 2.24) is 19.7 Å². The third-order valence-electron chi connectivity index (χ3n) is 5.24. The minimum atomic E-state index is -0.310. The van der Waals surface area contributed by atoms with Gasteiger partial charge in [-0.2, -0.15) is 5.10 Å². The summed E-state index contributed by atoms with van der Waals surface area (Å²) in [6, 6.07) is 8.00. The van der Waals surface area contributed by atoms with Crippen molar-refractivity contribution in [2.24, 2.45) is 0 Å². The molecule has 0 bridgehead atoms. The molecule has 1 saturated heterocycles. The molecular weight excluding hydrogens is 357 g/mol. The summed E-state index contributed by atoms with van der Waals surface area (Å²) in [6.45, 7) is 7.51. The molecule has 1 aliphatic heterocycles. The number of benzene rings is 1. The van der Waals surface area contributed by atoms with Crippen molar-refractivity contribution in [3.8, 4) is 0 Å². The lowest BCUT2D eigenvalue weighted by atomic mass is 9.92. The van der Waals surface area contributed by atoms with Gasteiger partial charge in [-0.15, -0.1) is 0 Å². The quantitative estimate of drug-likeness (QED) is 0.697. The lowest BCUT2D eigenvalue weighted by molar-refractivity contribution is 0.457. The van der Waals surface area contributed by atoms with E-state index < -0.39 is 0 Å². The summed E-state index contributed by atoms with van der Waals surface area (Å²) in [6.07, 6.45) is 3.42. The highest BCUT2D eigenvalue weighted by Crippen LogP contribution is 2.30. The van der Waals surface area contributed by atoms with E-state index in [4.69, 9.17) is 0 Å². The molecule has 1 atom stereocenters. The van der Waals surface area contributed by atoms with Gasteiger partial charge in [0.05, 0.1) is 23.8 Å². The van der Waals surface area contributed by atoms with Crippen molar-refractivity contribution in [2.75, 3.05) is 11.4 Å². The largest absolute Gasteiger partial charge is 0.351 e. The van der Waals surface area contributed by atoms with Gasteiger partial charge in [0.15, 0.2) is 0 Å². The van der Waals surface area contributed by atoms with Gasteiger partial charge in [-0.1, -0.05) is 20.8 Å². The number of aromatic nitrogens is 4. The van der Waals surface area contributed by atoms with E-state index in [0.29, 0.717) is 23.3 Å². The van der Waals surface area contributed by atoms with Crippen molar-refractivity contribution in [3.63, 3.8) is 0 Å². The Labute approximate surface area is 163 Å². The van der Waals surface area contributed by atoms with Crippen LogP contribution in [0.3, 0.4) is 0 Å². The highest BCUT2D eigenvalue weighted by Gasteiger charge is 2.28. The highest BCUT2D eigenvalue weighted by molar-refractivity contribution is 5.89. The van der Waals surface area contributed by atoms with Crippen LogP contribution >= 0.6 is 0 Å². The lowest BCUT2D eigenvalue weighted by Gasteiger charge is -2.27. The predicted octanol–water partition coefficient (Wildman–Crippen LogP) is 3.29. The zero-order valence-electron chi connectivity index (χ0n) is 16.4. The third-order valence-corrected chi connectivity index (χ3v) is 5.24. The Hall–Kier alpha value is -2.83. The number of halogens is 1. The summed E-state index contributed by atoms with van der Waals surface area (Å²) < 4.78 is 15.4. The molecule has 0 spiro atoms. The molecule has 6 nitrogen and oxygen atoms in total. The van der Waals surface area contributed by atoms with Crippen LogP contribution < -0.4 is 10.5 Å². The van der Waals surface area contributed by atoms with Crippen LogP contribution in [0, 0.1) is 5.82 Å². The number of nitrogens with zero attached hydrogens (tertiary/aromatic N) is 5. The predicted molar refractivity (Wildman–Crippen MR) is 107 cm³/mol. The van der Waals surface area contributed by atoms with E-state index in [1.165, 1.54) is 18.5 Å². The Kier molecular flexibility index (Phi) is 4.61. The molecule has 4 rings (SSSR count). The van der Waals surface area contributed by atoms with E-state index in [1.54, 1.807) is 22.9 Å². The lowest BCUT2D eigenvalue weighted by Crippen LogP contribution is -2.38. The number of hydrogen-bond acceptors (Lipinski definition) is 5. The summed E-state index contributed by atoms with van der Waals surface area (Å²) in [4.78, 5) is 23.2.